The van der Waals surface area contributed by atoms with Gasteiger partial charge in [-0.05, 0) is 24.6 Å². The molecule has 0 aliphatic heterocycles. The van der Waals surface area contributed by atoms with Crippen molar-refractivity contribution >= 4 is 22.9 Å². The molecule has 0 fully saturated rings. The van der Waals surface area contributed by atoms with Crippen LogP contribution in [0.15, 0.2) is 52.4 Å². The summed E-state index contributed by atoms with van der Waals surface area (Å²) < 4.78 is 1.32. The van der Waals surface area contributed by atoms with Crippen LogP contribution in [0.1, 0.15) is 42.2 Å². The van der Waals surface area contributed by atoms with E-state index in [0.29, 0.717) is 17.3 Å². The lowest BCUT2D eigenvalue weighted by atomic mass is 10.1. The zero-order valence-corrected chi connectivity index (χ0v) is 16.0. The first kappa shape index (κ1) is 20.1. The number of para-hydroxylation sites is 1. The largest absolute Gasteiger partial charge is 0.504 e. The van der Waals surface area contributed by atoms with Crippen molar-refractivity contribution in [1.82, 2.24) is 15.2 Å². The van der Waals surface area contributed by atoms with E-state index in [1.54, 1.807) is 30.3 Å². The Bertz CT molecular complexity index is 1120. The van der Waals surface area contributed by atoms with Crippen molar-refractivity contribution < 1.29 is 15.0 Å². The highest BCUT2D eigenvalue weighted by Crippen LogP contribution is 2.26. The summed E-state index contributed by atoms with van der Waals surface area (Å²) in [5.41, 5.74) is 2.46. The Morgan fingerprint density at radius 2 is 1.90 bits per heavy atom. The minimum absolute atomic E-state index is 0.0916. The Morgan fingerprint density at radius 3 is 2.66 bits per heavy atom. The van der Waals surface area contributed by atoms with Crippen molar-refractivity contribution in [3.63, 3.8) is 0 Å². The predicted molar refractivity (Wildman–Crippen MR) is 110 cm³/mol. The molecular weight excluding hydrogens is 372 g/mol. The van der Waals surface area contributed by atoms with Crippen LogP contribution in [0.25, 0.3) is 10.8 Å². The molecule has 0 unspecified atom stereocenters. The lowest BCUT2D eigenvalue weighted by Gasteiger charge is -2.10. The first-order chi connectivity index (χ1) is 14.0. The molecule has 3 rings (SSSR count). The summed E-state index contributed by atoms with van der Waals surface area (Å²) in [4.78, 5) is 25.3. The van der Waals surface area contributed by atoms with Gasteiger partial charge in [-0.15, -0.1) is 0 Å². The van der Waals surface area contributed by atoms with Crippen molar-refractivity contribution in [3.8, 4) is 11.5 Å². The number of hydrazone groups is 1. The number of benzene rings is 2. The van der Waals surface area contributed by atoms with Crippen LogP contribution in [0, 0.1) is 0 Å². The normalized spacial score (nSPS) is 11.2. The van der Waals surface area contributed by atoms with Crippen molar-refractivity contribution in [2.75, 3.05) is 0 Å². The summed E-state index contributed by atoms with van der Waals surface area (Å²) in [7, 11) is 0. The second-order valence-corrected chi connectivity index (χ2v) is 6.54. The van der Waals surface area contributed by atoms with E-state index < -0.39 is 5.91 Å². The Labute approximate surface area is 167 Å². The van der Waals surface area contributed by atoms with Gasteiger partial charge in [0, 0.05) is 17.5 Å². The molecule has 3 aromatic rings. The molecule has 0 aliphatic carbocycles. The van der Waals surface area contributed by atoms with Crippen molar-refractivity contribution in [2.24, 2.45) is 5.10 Å². The number of phenolic OH excluding ortho intramolecular Hbond substituents is 2. The average Bonchev–Trinajstić information content (AvgIpc) is 2.73. The van der Waals surface area contributed by atoms with Gasteiger partial charge in [-0.3, -0.25) is 9.59 Å². The van der Waals surface area contributed by atoms with Crippen LogP contribution in [0.2, 0.25) is 0 Å². The Kier molecular flexibility index (Phi) is 6.23. The minimum atomic E-state index is -0.582. The molecule has 0 spiro atoms. The number of carbonyl (C=O) groups is 1. The lowest BCUT2D eigenvalue weighted by Crippen LogP contribution is -2.29. The van der Waals surface area contributed by atoms with Gasteiger partial charge >= 0.3 is 0 Å². The van der Waals surface area contributed by atoms with E-state index in [2.05, 4.69) is 22.5 Å². The van der Waals surface area contributed by atoms with E-state index in [0.717, 1.165) is 19.3 Å². The van der Waals surface area contributed by atoms with Crippen LogP contribution in [-0.4, -0.2) is 32.1 Å². The van der Waals surface area contributed by atoms with Gasteiger partial charge in [-0.2, -0.15) is 10.2 Å². The zero-order chi connectivity index (χ0) is 20.8. The molecule has 0 radical (unpaired) electrons. The summed E-state index contributed by atoms with van der Waals surface area (Å²) in [6, 6.07) is 11.2. The minimum Gasteiger partial charge on any atom is -0.504 e. The summed E-state index contributed by atoms with van der Waals surface area (Å²) >= 11 is 0. The van der Waals surface area contributed by atoms with Crippen LogP contribution in [0.3, 0.4) is 0 Å². The molecule has 1 heterocycles. The molecule has 8 heteroatoms. The topological polar surface area (TPSA) is 117 Å². The second-order valence-electron chi connectivity index (χ2n) is 6.54. The fraction of sp³-hybridized carbons (Fsp3) is 0.238. The highest BCUT2D eigenvalue weighted by molar-refractivity contribution is 6.05. The maximum atomic E-state index is 12.7. The summed E-state index contributed by atoms with van der Waals surface area (Å²) in [6.45, 7) is 2.50. The van der Waals surface area contributed by atoms with E-state index in [1.165, 1.54) is 23.0 Å². The molecule has 8 nitrogen and oxygen atoms in total. The predicted octanol–water partition coefficient (Wildman–Crippen LogP) is 2.76. The number of hydrogen-bond acceptors (Lipinski definition) is 6. The summed E-state index contributed by atoms with van der Waals surface area (Å²) in [6.07, 6.45) is 3.97. The number of nitrogens with one attached hydrogen (secondary N) is 1. The molecule has 0 aliphatic rings. The Hall–Kier alpha value is -3.68. The number of nitrogens with zero attached hydrogens (tertiary/aromatic N) is 3. The number of rotatable bonds is 7. The number of unbranched alkanes of at least 4 members (excludes halogenated alkanes) is 2. The van der Waals surface area contributed by atoms with Crippen LogP contribution in [0.5, 0.6) is 11.5 Å². The van der Waals surface area contributed by atoms with Crippen LogP contribution in [0.4, 0.5) is 0 Å². The maximum absolute atomic E-state index is 12.7. The summed E-state index contributed by atoms with van der Waals surface area (Å²) in [5, 5.41) is 28.2. The molecule has 3 N–H and O–H groups in total. The fourth-order valence-electron chi connectivity index (χ4n) is 2.93. The van der Waals surface area contributed by atoms with Gasteiger partial charge in [0.15, 0.2) is 17.2 Å². The van der Waals surface area contributed by atoms with E-state index >= 15 is 0 Å². The number of hydrogen-bond donors (Lipinski definition) is 3. The van der Waals surface area contributed by atoms with E-state index in [4.69, 9.17) is 0 Å². The molecule has 0 saturated heterocycles. The van der Waals surface area contributed by atoms with Crippen molar-refractivity contribution in [2.45, 2.75) is 32.7 Å². The number of carbonyl (C=O) groups excluding carboxylic acids is 1. The van der Waals surface area contributed by atoms with Gasteiger partial charge < -0.3 is 10.2 Å². The molecule has 29 heavy (non-hydrogen) atoms. The summed E-state index contributed by atoms with van der Waals surface area (Å²) in [5.74, 6) is -1.20. The SMILES string of the molecule is CCCCCn1nc(C(=O)N/N=C/c2cccc(O)c2O)c2ccccc2c1=O. The van der Waals surface area contributed by atoms with Crippen LogP contribution in [-0.2, 0) is 6.54 Å². The monoisotopic (exact) mass is 394 g/mol. The second kappa shape index (κ2) is 9.01. The Morgan fingerprint density at radius 1 is 1.14 bits per heavy atom. The fourth-order valence-corrected chi connectivity index (χ4v) is 2.93. The van der Waals surface area contributed by atoms with Crippen LogP contribution >= 0.6 is 0 Å². The molecular formula is C21H22N4O4. The lowest BCUT2D eigenvalue weighted by molar-refractivity contribution is 0.0949. The van der Waals surface area contributed by atoms with Crippen molar-refractivity contribution in [1.29, 1.82) is 0 Å². The number of amides is 1. The highest BCUT2D eigenvalue weighted by Gasteiger charge is 2.16. The number of fused-ring (bicyclic) bond motifs is 1. The molecule has 1 amide bonds. The van der Waals surface area contributed by atoms with Gasteiger partial charge in [0.05, 0.1) is 11.6 Å². The van der Waals surface area contributed by atoms with Gasteiger partial charge in [0.2, 0.25) is 0 Å². The molecule has 150 valence electrons. The quantitative estimate of drug-likeness (QED) is 0.247. The van der Waals surface area contributed by atoms with Crippen LogP contribution < -0.4 is 11.0 Å². The average molecular weight is 394 g/mol. The molecule has 0 bridgehead atoms. The molecule has 0 atom stereocenters. The van der Waals surface area contributed by atoms with Gasteiger partial charge in [-0.1, -0.05) is 44.0 Å². The number of aromatic nitrogens is 2. The molecule has 2 aromatic carbocycles. The Balaban J connectivity index is 1.90. The maximum Gasteiger partial charge on any atom is 0.292 e. The number of aryl methyl sites for hydroxylation is 1. The van der Waals surface area contributed by atoms with E-state index in [-0.39, 0.29) is 28.3 Å². The first-order valence-electron chi connectivity index (χ1n) is 9.37. The van der Waals surface area contributed by atoms with Gasteiger partial charge in [-0.25, -0.2) is 10.1 Å². The molecule has 1 aromatic heterocycles. The van der Waals surface area contributed by atoms with Gasteiger partial charge in [0.25, 0.3) is 11.5 Å². The third kappa shape index (κ3) is 4.43. The number of aromatic hydroxyl groups is 2. The van der Waals surface area contributed by atoms with Gasteiger partial charge in [0.1, 0.15) is 0 Å². The third-order valence-electron chi connectivity index (χ3n) is 4.47. The smallest absolute Gasteiger partial charge is 0.292 e. The third-order valence-corrected chi connectivity index (χ3v) is 4.47. The molecule has 0 saturated carbocycles. The highest BCUT2D eigenvalue weighted by atomic mass is 16.3. The first-order valence-corrected chi connectivity index (χ1v) is 9.37. The van der Waals surface area contributed by atoms with Crippen molar-refractivity contribution in [3.05, 3.63) is 64.1 Å². The zero-order valence-electron chi connectivity index (χ0n) is 16.0. The standard InChI is InChI=1S/C21H22N4O4/c1-2-3-6-12-25-21(29)16-10-5-4-9-15(16)18(24-25)20(28)23-22-13-14-8-7-11-17(26)19(14)27/h4-5,7-11,13,26-27H,2-3,6,12H2,1H3,(H,23,28)/b22-13+. The number of phenols is 2. The van der Waals surface area contributed by atoms with E-state index in [1.807, 2.05) is 0 Å². The van der Waals surface area contributed by atoms with E-state index in [9.17, 15) is 19.8 Å².